The lowest BCUT2D eigenvalue weighted by molar-refractivity contribution is -0.151. The lowest BCUT2D eigenvalue weighted by Gasteiger charge is -2.46. The van der Waals surface area contributed by atoms with Crippen LogP contribution in [0.2, 0.25) is 0 Å². The molecular weight excluding hydrogens is 306 g/mol. The summed E-state index contributed by atoms with van der Waals surface area (Å²) in [4.78, 5) is 39.3. The van der Waals surface area contributed by atoms with E-state index >= 15 is 0 Å². The van der Waals surface area contributed by atoms with E-state index in [2.05, 4.69) is 5.32 Å². The molecular formula is C14H17N3O4S. The second kappa shape index (κ2) is 5.28. The molecule has 0 radical (unpaired) electrons. The topological polar surface area (TPSA) is 79.0 Å². The fourth-order valence-corrected chi connectivity index (χ4v) is 3.40. The molecule has 3 rings (SSSR count). The van der Waals surface area contributed by atoms with Gasteiger partial charge in [0, 0.05) is 7.05 Å². The van der Waals surface area contributed by atoms with Crippen molar-refractivity contribution in [3.8, 4) is 0 Å². The second-order valence-corrected chi connectivity index (χ2v) is 6.72. The first-order valence-corrected chi connectivity index (χ1v) is 7.85. The fourth-order valence-electron chi connectivity index (χ4n) is 2.77. The van der Waals surface area contributed by atoms with Crippen molar-refractivity contribution >= 4 is 29.2 Å². The molecule has 0 aromatic carbocycles. The van der Waals surface area contributed by atoms with Crippen LogP contribution in [-0.4, -0.2) is 66.0 Å². The van der Waals surface area contributed by atoms with Gasteiger partial charge in [-0.1, -0.05) is 6.07 Å². The van der Waals surface area contributed by atoms with E-state index in [4.69, 9.17) is 4.74 Å². The lowest BCUT2D eigenvalue weighted by atomic mass is 9.93. The number of carbonyl (C=O) groups excluding carboxylic acids is 3. The summed E-state index contributed by atoms with van der Waals surface area (Å²) in [5, 5.41) is 4.50. The first-order valence-electron chi connectivity index (χ1n) is 6.97. The highest BCUT2D eigenvalue weighted by Crippen LogP contribution is 2.31. The molecule has 8 heteroatoms. The quantitative estimate of drug-likeness (QED) is 0.880. The molecule has 1 N–H and O–H groups in total. The summed E-state index contributed by atoms with van der Waals surface area (Å²) in [7, 11) is 1.67. The van der Waals surface area contributed by atoms with Crippen molar-refractivity contribution in [2.24, 2.45) is 0 Å². The molecule has 0 saturated carbocycles. The molecule has 0 aliphatic carbocycles. The SMILES string of the molecule is CC(NC(=O)c1cccs1)C(=O)N1CC2(CN(C)C(=O)O2)C1. The molecule has 0 bridgehead atoms. The molecule has 3 heterocycles. The minimum atomic E-state index is -0.609. The molecule has 2 saturated heterocycles. The van der Waals surface area contributed by atoms with E-state index in [-0.39, 0.29) is 17.9 Å². The van der Waals surface area contributed by atoms with Gasteiger partial charge in [0.2, 0.25) is 5.91 Å². The van der Waals surface area contributed by atoms with Gasteiger partial charge in [-0.2, -0.15) is 0 Å². The Bertz CT molecular complexity index is 610. The van der Waals surface area contributed by atoms with Crippen LogP contribution in [0, 0.1) is 0 Å². The summed E-state index contributed by atoms with van der Waals surface area (Å²) in [6, 6.07) is 2.89. The molecule has 118 valence electrons. The Morgan fingerprint density at radius 3 is 2.68 bits per heavy atom. The third-order valence-electron chi connectivity index (χ3n) is 3.87. The van der Waals surface area contributed by atoms with Gasteiger partial charge in [-0.05, 0) is 18.4 Å². The molecule has 22 heavy (non-hydrogen) atoms. The fraction of sp³-hybridized carbons (Fsp3) is 0.500. The molecule has 2 aliphatic heterocycles. The third-order valence-corrected chi connectivity index (χ3v) is 4.74. The van der Waals surface area contributed by atoms with E-state index < -0.39 is 11.6 Å². The number of nitrogens with one attached hydrogen (secondary N) is 1. The summed E-state index contributed by atoms with van der Waals surface area (Å²) in [5.41, 5.74) is -0.570. The molecule has 1 unspecified atom stereocenters. The maximum atomic E-state index is 12.3. The van der Waals surface area contributed by atoms with Crippen LogP contribution in [0.4, 0.5) is 4.79 Å². The Balaban J connectivity index is 1.53. The first-order chi connectivity index (χ1) is 10.4. The van der Waals surface area contributed by atoms with Crippen LogP contribution in [0.1, 0.15) is 16.6 Å². The zero-order valence-corrected chi connectivity index (χ0v) is 13.2. The molecule has 1 spiro atoms. The monoisotopic (exact) mass is 323 g/mol. The van der Waals surface area contributed by atoms with Gasteiger partial charge in [-0.15, -0.1) is 11.3 Å². The van der Waals surface area contributed by atoms with E-state index in [0.717, 1.165) is 0 Å². The normalized spacial score (nSPS) is 20.5. The van der Waals surface area contributed by atoms with Crippen molar-refractivity contribution in [3.63, 3.8) is 0 Å². The number of nitrogens with zero attached hydrogens (tertiary/aromatic N) is 2. The van der Waals surface area contributed by atoms with Crippen LogP contribution in [0.5, 0.6) is 0 Å². The van der Waals surface area contributed by atoms with Gasteiger partial charge >= 0.3 is 6.09 Å². The van der Waals surface area contributed by atoms with Crippen molar-refractivity contribution in [3.05, 3.63) is 22.4 Å². The Labute approximate surface area is 131 Å². The molecule has 7 nitrogen and oxygen atoms in total. The molecule has 1 atom stereocenters. The van der Waals surface area contributed by atoms with E-state index in [9.17, 15) is 14.4 Å². The number of hydrogen-bond acceptors (Lipinski definition) is 5. The maximum absolute atomic E-state index is 12.3. The number of hydrogen-bond donors (Lipinski definition) is 1. The van der Waals surface area contributed by atoms with E-state index in [1.54, 1.807) is 31.0 Å². The summed E-state index contributed by atoms with van der Waals surface area (Å²) in [6.45, 7) is 2.90. The number of rotatable bonds is 3. The number of carbonyl (C=O) groups is 3. The molecule has 1 aromatic heterocycles. The van der Waals surface area contributed by atoms with Gasteiger partial charge in [-0.3, -0.25) is 9.59 Å². The molecule has 3 amide bonds. The number of thiophene rings is 1. The van der Waals surface area contributed by atoms with Crippen LogP contribution >= 0.6 is 11.3 Å². The molecule has 1 aromatic rings. The van der Waals surface area contributed by atoms with Gasteiger partial charge in [0.25, 0.3) is 5.91 Å². The van der Waals surface area contributed by atoms with Gasteiger partial charge in [0.05, 0.1) is 24.5 Å². The van der Waals surface area contributed by atoms with Crippen molar-refractivity contribution in [1.29, 1.82) is 0 Å². The Morgan fingerprint density at radius 2 is 2.14 bits per heavy atom. The zero-order valence-electron chi connectivity index (χ0n) is 12.4. The minimum absolute atomic E-state index is 0.166. The Kier molecular flexibility index (Phi) is 3.56. The summed E-state index contributed by atoms with van der Waals surface area (Å²) in [5.74, 6) is -0.417. The van der Waals surface area contributed by atoms with Gasteiger partial charge in [0.15, 0.2) is 5.60 Å². The van der Waals surface area contributed by atoms with Crippen LogP contribution in [-0.2, 0) is 9.53 Å². The Morgan fingerprint density at radius 1 is 1.41 bits per heavy atom. The van der Waals surface area contributed by atoms with E-state index in [0.29, 0.717) is 24.5 Å². The van der Waals surface area contributed by atoms with Crippen molar-refractivity contribution in [1.82, 2.24) is 15.1 Å². The number of amides is 3. The van der Waals surface area contributed by atoms with E-state index in [1.807, 2.05) is 5.38 Å². The third kappa shape index (κ3) is 2.54. The molecule has 2 aliphatic rings. The van der Waals surface area contributed by atoms with Crippen molar-refractivity contribution in [2.45, 2.75) is 18.6 Å². The van der Waals surface area contributed by atoms with Gasteiger partial charge in [-0.25, -0.2) is 4.79 Å². The van der Waals surface area contributed by atoms with Crippen LogP contribution in [0.3, 0.4) is 0 Å². The maximum Gasteiger partial charge on any atom is 0.410 e. The lowest BCUT2D eigenvalue weighted by Crippen LogP contribution is -2.67. The zero-order chi connectivity index (χ0) is 15.9. The highest BCUT2D eigenvalue weighted by Gasteiger charge is 2.54. The minimum Gasteiger partial charge on any atom is -0.437 e. The summed E-state index contributed by atoms with van der Waals surface area (Å²) < 4.78 is 5.30. The number of ether oxygens (including phenoxy) is 1. The largest absolute Gasteiger partial charge is 0.437 e. The van der Waals surface area contributed by atoms with Gasteiger partial charge < -0.3 is 19.9 Å². The highest BCUT2D eigenvalue weighted by atomic mass is 32.1. The van der Waals surface area contributed by atoms with Crippen LogP contribution < -0.4 is 5.32 Å². The van der Waals surface area contributed by atoms with Crippen molar-refractivity contribution < 1.29 is 19.1 Å². The second-order valence-electron chi connectivity index (χ2n) is 5.77. The van der Waals surface area contributed by atoms with Gasteiger partial charge in [0.1, 0.15) is 6.04 Å². The highest BCUT2D eigenvalue weighted by molar-refractivity contribution is 7.12. The predicted octanol–water partition coefficient (Wildman–Crippen LogP) is 0.529. The number of likely N-dealkylation sites (tertiary alicyclic amines) is 1. The smallest absolute Gasteiger partial charge is 0.410 e. The average molecular weight is 323 g/mol. The standard InChI is InChI=1S/C14H17N3O4S/c1-9(15-11(18)10-4-3-5-22-10)12(19)17-7-14(8-17)6-16(2)13(20)21-14/h3-5,9H,6-8H2,1-2H3,(H,15,18). The van der Waals surface area contributed by atoms with Crippen LogP contribution in [0.25, 0.3) is 0 Å². The molecule has 2 fully saturated rings. The first kappa shape index (κ1) is 14.8. The Hall–Kier alpha value is -2.09. The van der Waals surface area contributed by atoms with E-state index in [1.165, 1.54) is 16.2 Å². The van der Waals surface area contributed by atoms with Crippen LogP contribution in [0.15, 0.2) is 17.5 Å². The summed E-state index contributed by atoms with van der Waals surface area (Å²) in [6.07, 6.45) is -0.355. The summed E-state index contributed by atoms with van der Waals surface area (Å²) >= 11 is 1.33. The average Bonchev–Trinajstić information content (AvgIpc) is 3.05. The predicted molar refractivity (Wildman–Crippen MR) is 79.7 cm³/mol. The number of likely N-dealkylation sites (N-methyl/N-ethyl adjacent to an activating group) is 1. The van der Waals surface area contributed by atoms with Crippen molar-refractivity contribution in [2.75, 3.05) is 26.7 Å².